The predicted molar refractivity (Wildman–Crippen MR) is 84.8 cm³/mol. The lowest BCUT2D eigenvalue weighted by Crippen LogP contribution is -2.30. The maximum atomic E-state index is 5.48. The Balaban J connectivity index is 2.07. The van der Waals surface area contributed by atoms with Gasteiger partial charge in [-0.05, 0) is 38.0 Å². The second-order valence-corrected chi connectivity index (χ2v) is 6.09. The Bertz CT molecular complexity index is 444. The lowest BCUT2D eigenvalue weighted by Gasteiger charge is -2.32. The molecule has 1 aliphatic carbocycles. The zero-order valence-electron chi connectivity index (χ0n) is 13.2. The number of nitrogens with one attached hydrogen (secondary N) is 2. The number of hydrogen-bond donors (Lipinski definition) is 3. The number of hydrogen-bond acceptors (Lipinski definition) is 6. The molecule has 0 radical (unpaired) electrons. The topological polar surface area (TPSA) is 85.1 Å². The molecule has 0 spiro atoms. The van der Waals surface area contributed by atoms with Gasteiger partial charge in [0.1, 0.15) is 18.2 Å². The first kappa shape index (κ1) is 16.0. The van der Waals surface area contributed by atoms with Crippen molar-refractivity contribution in [3.8, 4) is 0 Å². The number of nitrogen functional groups attached to an aromatic ring is 1. The Morgan fingerprint density at radius 1 is 1.19 bits per heavy atom. The maximum absolute atomic E-state index is 5.48. The SMILES string of the molecule is CCOCc1nc(NN)cc(NC2CC(C)CC(C)C2)n1. The summed E-state index contributed by atoms with van der Waals surface area (Å²) in [4.78, 5) is 8.82. The minimum absolute atomic E-state index is 0.401. The van der Waals surface area contributed by atoms with Gasteiger partial charge >= 0.3 is 0 Å². The van der Waals surface area contributed by atoms with Gasteiger partial charge in [-0.25, -0.2) is 15.8 Å². The van der Waals surface area contributed by atoms with E-state index in [0.29, 0.717) is 30.9 Å². The summed E-state index contributed by atoms with van der Waals surface area (Å²) < 4.78 is 5.38. The Morgan fingerprint density at radius 2 is 1.86 bits per heavy atom. The molecule has 2 rings (SSSR count). The predicted octanol–water partition coefficient (Wildman–Crippen LogP) is 2.54. The van der Waals surface area contributed by atoms with Crippen molar-refractivity contribution in [2.45, 2.75) is 52.7 Å². The summed E-state index contributed by atoms with van der Waals surface area (Å²) in [7, 11) is 0. The number of aromatic nitrogens is 2. The Morgan fingerprint density at radius 3 is 2.48 bits per heavy atom. The minimum Gasteiger partial charge on any atom is -0.374 e. The highest BCUT2D eigenvalue weighted by Crippen LogP contribution is 2.30. The molecule has 1 aromatic rings. The van der Waals surface area contributed by atoms with Crippen molar-refractivity contribution in [1.29, 1.82) is 0 Å². The van der Waals surface area contributed by atoms with E-state index in [4.69, 9.17) is 10.6 Å². The number of anilines is 2. The lowest BCUT2D eigenvalue weighted by molar-refractivity contribution is 0.128. The van der Waals surface area contributed by atoms with Crippen LogP contribution < -0.4 is 16.6 Å². The molecule has 0 saturated heterocycles. The van der Waals surface area contributed by atoms with Crippen LogP contribution in [0.2, 0.25) is 0 Å². The van der Waals surface area contributed by atoms with E-state index >= 15 is 0 Å². The van der Waals surface area contributed by atoms with E-state index in [1.807, 2.05) is 13.0 Å². The molecule has 21 heavy (non-hydrogen) atoms. The molecule has 4 N–H and O–H groups in total. The Kier molecular flexibility index (Phi) is 5.76. The number of nitrogens with two attached hydrogens (primary N) is 1. The largest absolute Gasteiger partial charge is 0.374 e. The first-order valence-electron chi connectivity index (χ1n) is 7.79. The van der Waals surface area contributed by atoms with E-state index in [1.165, 1.54) is 19.3 Å². The molecule has 1 saturated carbocycles. The molecule has 2 atom stereocenters. The minimum atomic E-state index is 0.401. The second-order valence-electron chi connectivity index (χ2n) is 6.09. The first-order valence-corrected chi connectivity index (χ1v) is 7.79. The van der Waals surface area contributed by atoms with E-state index in [-0.39, 0.29) is 0 Å². The van der Waals surface area contributed by atoms with E-state index in [0.717, 1.165) is 17.7 Å². The highest BCUT2D eigenvalue weighted by Gasteiger charge is 2.24. The highest BCUT2D eigenvalue weighted by atomic mass is 16.5. The summed E-state index contributed by atoms with van der Waals surface area (Å²) in [5, 5.41) is 3.53. The second kappa shape index (κ2) is 7.56. The molecule has 2 unspecified atom stereocenters. The van der Waals surface area contributed by atoms with Crippen molar-refractivity contribution in [3.05, 3.63) is 11.9 Å². The van der Waals surface area contributed by atoms with Gasteiger partial charge in [-0.15, -0.1) is 0 Å². The molecule has 1 heterocycles. The average Bonchev–Trinajstić information content (AvgIpc) is 2.43. The van der Waals surface area contributed by atoms with Gasteiger partial charge in [0.25, 0.3) is 0 Å². The van der Waals surface area contributed by atoms with Crippen molar-refractivity contribution >= 4 is 11.6 Å². The molecule has 118 valence electrons. The van der Waals surface area contributed by atoms with E-state index < -0.39 is 0 Å². The fraction of sp³-hybridized carbons (Fsp3) is 0.733. The van der Waals surface area contributed by atoms with Crippen molar-refractivity contribution in [2.24, 2.45) is 17.7 Å². The number of rotatable bonds is 6. The molecule has 1 aliphatic rings. The van der Waals surface area contributed by atoms with Gasteiger partial charge in [-0.2, -0.15) is 0 Å². The van der Waals surface area contributed by atoms with E-state index in [2.05, 4.69) is 34.6 Å². The molecule has 0 amide bonds. The Labute approximate surface area is 126 Å². The normalized spacial score (nSPS) is 25.6. The number of ether oxygens (including phenoxy) is 1. The van der Waals surface area contributed by atoms with Gasteiger partial charge in [0.15, 0.2) is 5.82 Å². The van der Waals surface area contributed by atoms with Crippen molar-refractivity contribution in [2.75, 3.05) is 17.3 Å². The van der Waals surface area contributed by atoms with Crippen LogP contribution in [0.5, 0.6) is 0 Å². The van der Waals surface area contributed by atoms with Gasteiger partial charge in [0.2, 0.25) is 0 Å². The molecular formula is C15H27N5O. The van der Waals surface area contributed by atoms with Crippen LogP contribution >= 0.6 is 0 Å². The summed E-state index contributed by atoms with van der Waals surface area (Å²) >= 11 is 0. The summed E-state index contributed by atoms with van der Waals surface area (Å²) in [6, 6.07) is 2.31. The van der Waals surface area contributed by atoms with Crippen molar-refractivity contribution in [3.63, 3.8) is 0 Å². The van der Waals surface area contributed by atoms with Gasteiger partial charge in [0.05, 0.1) is 0 Å². The zero-order valence-corrected chi connectivity index (χ0v) is 13.2. The summed E-state index contributed by atoms with van der Waals surface area (Å²) in [5.41, 5.74) is 2.59. The maximum Gasteiger partial charge on any atom is 0.158 e. The molecule has 1 fully saturated rings. The van der Waals surface area contributed by atoms with Crippen LogP contribution in [-0.4, -0.2) is 22.6 Å². The molecule has 6 heteroatoms. The van der Waals surface area contributed by atoms with Gasteiger partial charge in [-0.3, -0.25) is 0 Å². The van der Waals surface area contributed by atoms with Crippen LogP contribution in [0.1, 0.15) is 45.9 Å². The van der Waals surface area contributed by atoms with Gasteiger partial charge in [0, 0.05) is 18.7 Å². The molecule has 0 aromatic carbocycles. The Hall–Kier alpha value is -1.40. The smallest absolute Gasteiger partial charge is 0.158 e. The van der Waals surface area contributed by atoms with E-state index in [1.54, 1.807) is 0 Å². The fourth-order valence-corrected chi connectivity index (χ4v) is 3.18. The van der Waals surface area contributed by atoms with E-state index in [9.17, 15) is 0 Å². The van der Waals surface area contributed by atoms with Crippen LogP contribution in [0.3, 0.4) is 0 Å². The van der Waals surface area contributed by atoms with Crippen LogP contribution in [-0.2, 0) is 11.3 Å². The number of hydrazine groups is 1. The quantitative estimate of drug-likeness (QED) is 0.552. The van der Waals surface area contributed by atoms with Crippen molar-refractivity contribution < 1.29 is 4.74 Å². The van der Waals surface area contributed by atoms with Crippen LogP contribution in [0.4, 0.5) is 11.6 Å². The van der Waals surface area contributed by atoms with Crippen LogP contribution in [0.15, 0.2) is 6.07 Å². The molecule has 1 aromatic heterocycles. The first-order chi connectivity index (χ1) is 10.1. The third-order valence-electron chi connectivity index (χ3n) is 3.89. The van der Waals surface area contributed by atoms with Crippen molar-refractivity contribution in [1.82, 2.24) is 9.97 Å². The summed E-state index contributed by atoms with van der Waals surface area (Å²) in [5.74, 6) is 9.06. The standard InChI is InChI=1S/C15H27N5O/c1-4-21-9-15-18-13(8-14(19-15)20-16)17-12-6-10(2)5-11(3)7-12/h8,10-12H,4-7,9,16H2,1-3H3,(H2,17,18,19,20). The van der Waals surface area contributed by atoms with Gasteiger partial charge in [-0.1, -0.05) is 13.8 Å². The monoisotopic (exact) mass is 293 g/mol. The van der Waals surface area contributed by atoms with Crippen LogP contribution in [0.25, 0.3) is 0 Å². The van der Waals surface area contributed by atoms with Gasteiger partial charge < -0.3 is 15.5 Å². The zero-order chi connectivity index (χ0) is 15.2. The third-order valence-corrected chi connectivity index (χ3v) is 3.89. The molecule has 6 nitrogen and oxygen atoms in total. The highest BCUT2D eigenvalue weighted by molar-refractivity contribution is 5.47. The molecule has 0 aliphatic heterocycles. The summed E-state index contributed by atoms with van der Waals surface area (Å²) in [6.45, 7) is 7.63. The third kappa shape index (κ3) is 4.82. The molecular weight excluding hydrogens is 266 g/mol. The average molecular weight is 293 g/mol. The summed E-state index contributed by atoms with van der Waals surface area (Å²) in [6.07, 6.45) is 3.67. The van der Waals surface area contributed by atoms with Crippen LogP contribution in [0, 0.1) is 11.8 Å². The lowest BCUT2D eigenvalue weighted by atomic mass is 9.80. The fourth-order valence-electron chi connectivity index (χ4n) is 3.18. The number of nitrogens with zero attached hydrogens (tertiary/aromatic N) is 2. The molecule has 0 bridgehead atoms.